The van der Waals surface area contributed by atoms with Gasteiger partial charge in [-0.05, 0) is 13.8 Å². The van der Waals surface area contributed by atoms with Gasteiger partial charge in [0.25, 0.3) is 0 Å². The van der Waals surface area contributed by atoms with Crippen molar-refractivity contribution in [1.82, 2.24) is 9.80 Å². The molecule has 0 unspecified atom stereocenters. The first-order valence-electron chi connectivity index (χ1n) is 4.96. The fourth-order valence-corrected chi connectivity index (χ4v) is 1.70. The van der Waals surface area contributed by atoms with E-state index in [9.17, 15) is 0 Å². The fraction of sp³-hybridized carbons (Fsp3) is 0.800. The molecule has 4 heteroatoms. The van der Waals surface area contributed by atoms with E-state index >= 15 is 0 Å². The van der Waals surface area contributed by atoms with Gasteiger partial charge in [-0.25, -0.2) is 0 Å². The number of nitrogens with zero attached hydrogens (tertiary/aromatic N) is 4. The molecule has 0 amide bonds. The highest BCUT2D eigenvalue weighted by Crippen LogP contribution is 2.08. The van der Waals surface area contributed by atoms with Crippen LogP contribution < -0.4 is 0 Å². The third-order valence-electron chi connectivity index (χ3n) is 2.69. The summed E-state index contributed by atoms with van der Waals surface area (Å²) in [6.07, 6.45) is 0. The second-order valence-electron chi connectivity index (χ2n) is 3.83. The molecule has 1 rings (SSSR count). The molecule has 0 bridgehead atoms. The first-order chi connectivity index (χ1) is 6.69. The lowest BCUT2D eigenvalue weighted by atomic mass is 10.2. The molecule has 0 spiro atoms. The summed E-state index contributed by atoms with van der Waals surface area (Å²) in [5, 5.41) is 17.5. The van der Waals surface area contributed by atoms with Crippen LogP contribution in [0.4, 0.5) is 0 Å². The van der Waals surface area contributed by atoms with Crippen LogP contribution in [-0.4, -0.2) is 48.1 Å². The van der Waals surface area contributed by atoms with Crippen molar-refractivity contribution in [2.45, 2.75) is 25.9 Å². The largest absolute Gasteiger partial charge is 0.298 e. The van der Waals surface area contributed by atoms with Crippen LogP contribution in [0.3, 0.4) is 0 Å². The second kappa shape index (κ2) is 4.95. The molecule has 14 heavy (non-hydrogen) atoms. The first kappa shape index (κ1) is 11.0. The molecule has 1 aliphatic heterocycles. The highest BCUT2D eigenvalue weighted by molar-refractivity contribution is 5.07. The van der Waals surface area contributed by atoms with Crippen molar-refractivity contribution in [2.75, 3.05) is 26.2 Å². The number of hydrogen-bond acceptors (Lipinski definition) is 4. The number of nitriles is 2. The number of rotatable bonds is 2. The van der Waals surface area contributed by atoms with E-state index in [1.807, 2.05) is 17.0 Å². The summed E-state index contributed by atoms with van der Waals surface area (Å²) in [4.78, 5) is 4.31. The molecule has 4 nitrogen and oxygen atoms in total. The van der Waals surface area contributed by atoms with Gasteiger partial charge in [0.2, 0.25) is 0 Å². The Balaban J connectivity index is 2.44. The zero-order valence-electron chi connectivity index (χ0n) is 8.77. The minimum absolute atomic E-state index is 0.555. The summed E-state index contributed by atoms with van der Waals surface area (Å²) in [5.41, 5.74) is 0. The third-order valence-corrected chi connectivity index (χ3v) is 2.69. The van der Waals surface area contributed by atoms with Crippen LogP contribution in [0.5, 0.6) is 0 Å². The minimum Gasteiger partial charge on any atom is -0.298 e. The van der Waals surface area contributed by atoms with Crippen molar-refractivity contribution in [1.29, 1.82) is 10.5 Å². The molecule has 0 atom stereocenters. The highest BCUT2D eigenvalue weighted by Gasteiger charge is 2.24. The second-order valence-corrected chi connectivity index (χ2v) is 3.83. The van der Waals surface area contributed by atoms with Crippen LogP contribution in [0, 0.1) is 22.7 Å². The Bertz CT molecular complexity index is 238. The monoisotopic (exact) mass is 192 g/mol. The van der Waals surface area contributed by atoms with E-state index in [2.05, 4.69) is 18.7 Å². The van der Waals surface area contributed by atoms with Crippen molar-refractivity contribution >= 4 is 0 Å². The highest BCUT2D eigenvalue weighted by atomic mass is 15.3. The van der Waals surface area contributed by atoms with Crippen LogP contribution >= 0.6 is 0 Å². The summed E-state index contributed by atoms with van der Waals surface area (Å²) in [6, 6.07) is 4.01. The Morgan fingerprint density at radius 2 is 1.36 bits per heavy atom. The van der Waals surface area contributed by atoms with E-state index in [1.165, 1.54) is 0 Å². The van der Waals surface area contributed by atoms with E-state index in [0.29, 0.717) is 6.04 Å². The van der Waals surface area contributed by atoms with E-state index in [4.69, 9.17) is 10.5 Å². The van der Waals surface area contributed by atoms with Gasteiger partial charge in [0.15, 0.2) is 6.04 Å². The predicted octanol–water partition coefficient (Wildman–Crippen LogP) is 0.428. The molecule has 1 saturated heterocycles. The van der Waals surface area contributed by atoms with E-state index in [0.717, 1.165) is 26.2 Å². The lowest BCUT2D eigenvalue weighted by molar-refractivity contribution is 0.105. The van der Waals surface area contributed by atoms with Gasteiger partial charge < -0.3 is 0 Å². The normalized spacial score (nSPS) is 19.6. The lowest BCUT2D eigenvalue weighted by Gasteiger charge is -2.37. The fourth-order valence-electron chi connectivity index (χ4n) is 1.70. The van der Waals surface area contributed by atoms with Crippen molar-refractivity contribution in [3.63, 3.8) is 0 Å². The lowest BCUT2D eigenvalue weighted by Crippen LogP contribution is -2.51. The van der Waals surface area contributed by atoms with Gasteiger partial charge in [-0.2, -0.15) is 10.5 Å². The maximum absolute atomic E-state index is 8.73. The average Bonchev–Trinajstić information content (AvgIpc) is 2.20. The Kier molecular flexibility index (Phi) is 3.88. The van der Waals surface area contributed by atoms with Crippen molar-refractivity contribution in [3.8, 4) is 12.1 Å². The van der Waals surface area contributed by atoms with Gasteiger partial charge in [-0.15, -0.1) is 0 Å². The topological polar surface area (TPSA) is 54.1 Å². The summed E-state index contributed by atoms with van der Waals surface area (Å²) in [5.74, 6) is 0. The maximum Gasteiger partial charge on any atom is 0.186 e. The summed E-state index contributed by atoms with van der Waals surface area (Å²) < 4.78 is 0. The standard InChI is InChI=1S/C10H16N4/c1-9(2)13-3-5-14(6-4-13)10(7-11)8-12/h9-10H,3-6H2,1-2H3. The van der Waals surface area contributed by atoms with Gasteiger partial charge in [0.05, 0.1) is 12.1 Å². The zero-order chi connectivity index (χ0) is 10.6. The van der Waals surface area contributed by atoms with Crippen LogP contribution in [0.2, 0.25) is 0 Å². The van der Waals surface area contributed by atoms with Crippen LogP contribution in [0.25, 0.3) is 0 Å². The molecule has 1 aliphatic rings. The molecule has 76 valence electrons. The summed E-state index contributed by atoms with van der Waals surface area (Å²) >= 11 is 0. The SMILES string of the molecule is CC(C)N1CCN(C(C#N)C#N)CC1. The smallest absolute Gasteiger partial charge is 0.186 e. The van der Waals surface area contributed by atoms with E-state index in [1.54, 1.807) is 0 Å². The molecule has 0 aromatic carbocycles. The molecular weight excluding hydrogens is 176 g/mol. The van der Waals surface area contributed by atoms with Crippen molar-refractivity contribution in [2.24, 2.45) is 0 Å². The molecular formula is C10H16N4. The molecule has 0 N–H and O–H groups in total. The maximum atomic E-state index is 8.73. The van der Waals surface area contributed by atoms with E-state index < -0.39 is 6.04 Å². The summed E-state index contributed by atoms with van der Waals surface area (Å²) in [7, 11) is 0. The molecule has 0 aromatic heterocycles. The average molecular weight is 192 g/mol. The Morgan fingerprint density at radius 1 is 0.929 bits per heavy atom. The van der Waals surface area contributed by atoms with Crippen molar-refractivity contribution < 1.29 is 0 Å². The Hall–Kier alpha value is -1.10. The summed E-state index contributed by atoms with van der Waals surface area (Å²) in [6.45, 7) is 7.90. The Morgan fingerprint density at radius 3 is 1.71 bits per heavy atom. The van der Waals surface area contributed by atoms with Gasteiger partial charge in [0, 0.05) is 32.2 Å². The quantitative estimate of drug-likeness (QED) is 0.636. The zero-order valence-corrected chi connectivity index (χ0v) is 8.77. The first-order valence-corrected chi connectivity index (χ1v) is 4.96. The van der Waals surface area contributed by atoms with Gasteiger partial charge in [-0.1, -0.05) is 0 Å². The molecule has 0 aliphatic carbocycles. The molecule has 1 fully saturated rings. The predicted molar refractivity (Wildman–Crippen MR) is 53.3 cm³/mol. The molecule has 0 saturated carbocycles. The third kappa shape index (κ3) is 2.45. The van der Waals surface area contributed by atoms with E-state index in [-0.39, 0.29) is 0 Å². The van der Waals surface area contributed by atoms with Gasteiger partial charge in [-0.3, -0.25) is 9.80 Å². The molecule has 0 aromatic rings. The van der Waals surface area contributed by atoms with Gasteiger partial charge in [0.1, 0.15) is 0 Å². The van der Waals surface area contributed by atoms with Crippen LogP contribution in [0.15, 0.2) is 0 Å². The minimum atomic E-state index is -0.565. The van der Waals surface area contributed by atoms with Crippen LogP contribution in [-0.2, 0) is 0 Å². The molecule has 1 heterocycles. The number of piperazine rings is 1. The van der Waals surface area contributed by atoms with Gasteiger partial charge >= 0.3 is 0 Å². The Labute approximate surface area is 85.3 Å². The number of hydrogen-bond donors (Lipinski definition) is 0. The van der Waals surface area contributed by atoms with Crippen molar-refractivity contribution in [3.05, 3.63) is 0 Å². The van der Waals surface area contributed by atoms with Crippen LogP contribution in [0.1, 0.15) is 13.8 Å². The molecule has 0 radical (unpaired) electrons.